The van der Waals surface area contributed by atoms with Gasteiger partial charge in [0.1, 0.15) is 11.6 Å². The van der Waals surface area contributed by atoms with Gasteiger partial charge in [0.15, 0.2) is 0 Å². The van der Waals surface area contributed by atoms with E-state index in [1.165, 1.54) is 12.1 Å². The van der Waals surface area contributed by atoms with Crippen LogP contribution in [0, 0.1) is 5.82 Å². The number of hydrogen-bond acceptors (Lipinski definition) is 3. The van der Waals surface area contributed by atoms with Crippen molar-refractivity contribution < 1.29 is 14.2 Å². The smallest absolute Gasteiger partial charge is 0.125 e. The normalized spacial score (nSPS) is 12.2. The molecule has 1 aromatic heterocycles. The monoisotopic (exact) mass is 261 g/mol. The maximum Gasteiger partial charge on any atom is 0.125 e. The zero-order chi connectivity index (χ0) is 13.7. The summed E-state index contributed by atoms with van der Waals surface area (Å²) in [6.07, 6.45) is 3.45. The number of aliphatic hydroxyl groups excluding tert-OH is 1. The van der Waals surface area contributed by atoms with E-state index >= 15 is 0 Å². The Kier molecular flexibility index (Phi) is 4.47. The van der Waals surface area contributed by atoms with Crippen LogP contribution < -0.4 is 4.74 Å². The number of rotatable bonds is 5. The van der Waals surface area contributed by atoms with Crippen LogP contribution in [0.3, 0.4) is 0 Å². The van der Waals surface area contributed by atoms with Crippen molar-refractivity contribution in [1.82, 2.24) is 4.98 Å². The number of ether oxygens (including phenoxy) is 1. The summed E-state index contributed by atoms with van der Waals surface area (Å²) >= 11 is 0. The lowest BCUT2D eigenvalue weighted by molar-refractivity contribution is 0.191. The highest BCUT2D eigenvalue weighted by molar-refractivity contribution is 5.35. The second kappa shape index (κ2) is 6.29. The topological polar surface area (TPSA) is 42.4 Å². The van der Waals surface area contributed by atoms with E-state index in [1.807, 2.05) is 12.1 Å². The van der Waals surface area contributed by atoms with Crippen LogP contribution in [0.5, 0.6) is 5.75 Å². The Hall–Kier alpha value is -1.94. The fraction of sp³-hybridized carbons (Fsp3) is 0.267. The molecule has 2 rings (SSSR count). The van der Waals surface area contributed by atoms with E-state index in [9.17, 15) is 9.50 Å². The lowest BCUT2D eigenvalue weighted by atomic mass is 10.1. The molecule has 1 atom stereocenters. The van der Waals surface area contributed by atoms with Gasteiger partial charge in [-0.3, -0.25) is 4.98 Å². The van der Waals surface area contributed by atoms with E-state index in [-0.39, 0.29) is 5.82 Å². The molecular formula is C15H16FNO2. The Morgan fingerprint density at radius 2 is 2.21 bits per heavy atom. The molecule has 1 N–H and O–H groups in total. The standard InChI is InChI=1S/C15H16FNO2/c1-11(18)14-9-13(16)4-5-15(14)19-8-6-12-3-2-7-17-10-12/h2-5,7,9-11,18H,6,8H2,1H3/t11-/m0/s1. The molecule has 0 bridgehead atoms. The van der Waals surface area contributed by atoms with E-state index < -0.39 is 6.10 Å². The molecule has 0 saturated carbocycles. The van der Waals surface area contributed by atoms with Gasteiger partial charge in [-0.25, -0.2) is 4.39 Å². The van der Waals surface area contributed by atoms with Gasteiger partial charge in [0.05, 0.1) is 12.7 Å². The van der Waals surface area contributed by atoms with Crippen molar-refractivity contribution in [3.8, 4) is 5.75 Å². The molecule has 1 heterocycles. The number of nitrogens with zero attached hydrogens (tertiary/aromatic N) is 1. The van der Waals surface area contributed by atoms with E-state index in [4.69, 9.17) is 4.74 Å². The van der Waals surface area contributed by atoms with E-state index in [0.29, 0.717) is 24.3 Å². The van der Waals surface area contributed by atoms with Crippen LogP contribution >= 0.6 is 0 Å². The minimum atomic E-state index is -0.760. The van der Waals surface area contributed by atoms with Crippen LogP contribution in [0.2, 0.25) is 0 Å². The molecule has 0 fully saturated rings. The van der Waals surface area contributed by atoms with Crippen molar-refractivity contribution in [3.63, 3.8) is 0 Å². The van der Waals surface area contributed by atoms with Crippen LogP contribution in [-0.2, 0) is 6.42 Å². The van der Waals surface area contributed by atoms with Crippen LogP contribution in [0.25, 0.3) is 0 Å². The van der Waals surface area contributed by atoms with Crippen molar-refractivity contribution in [2.45, 2.75) is 19.4 Å². The SMILES string of the molecule is C[C@H](O)c1cc(F)ccc1OCCc1cccnc1. The van der Waals surface area contributed by atoms with Gasteiger partial charge in [-0.2, -0.15) is 0 Å². The quantitative estimate of drug-likeness (QED) is 0.899. The summed E-state index contributed by atoms with van der Waals surface area (Å²) in [5.74, 6) is 0.135. The first-order valence-corrected chi connectivity index (χ1v) is 6.16. The third-order valence-corrected chi connectivity index (χ3v) is 2.79. The maximum absolute atomic E-state index is 13.1. The summed E-state index contributed by atoms with van der Waals surface area (Å²) in [5, 5.41) is 9.59. The molecule has 0 saturated heterocycles. The molecule has 4 heteroatoms. The van der Waals surface area contributed by atoms with Crippen LogP contribution in [-0.4, -0.2) is 16.7 Å². The van der Waals surface area contributed by atoms with Gasteiger partial charge in [-0.05, 0) is 36.8 Å². The zero-order valence-electron chi connectivity index (χ0n) is 10.7. The van der Waals surface area contributed by atoms with Gasteiger partial charge in [0.2, 0.25) is 0 Å². The molecule has 0 radical (unpaired) electrons. The molecule has 0 amide bonds. The molecule has 3 nitrogen and oxygen atoms in total. The summed E-state index contributed by atoms with van der Waals surface area (Å²) in [5.41, 5.74) is 1.54. The molecule has 0 unspecified atom stereocenters. The predicted octanol–water partition coefficient (Wildman–Crippen LogP) is 2.90. The Balaban J connectivity index is 2.00. The first-order chi connectivity index (χ1) is 9.16. The fourth-order valence-electron chi connectivity index (χ4n) is 1.80. The average molecular weight is 261 g/mol. The molecule has 0 aliphatic heterocycles. The highest BCUT2D eigenvalue weighted by atomic mass is 19.1. The number of pyridine rings is 1. The first-order valence-electron chi connectivity index (χ1n) is 6.16. The van der Waals surface area contributed by atoms with Gasteiger partial charge in [0, 0.05) is 24.4 Å². The third kappa shape index (κ3) is 3.76. The Morgan fingerprint density at radius 3 is 2.89 bits per heavy atom. The van der Waals surface area contributed by atoms with Gasteiger partial charge >= 0.3 is 0 Å². The van der Waals surface area contributed by atoms with E-state index in [2.05, 4.69) is 4.98 Å². The summed E-state index contributed by atoms with van der Waals surface area (Å²) in [4.78, 5) is 4.02. The molecule has 2 aromatic rings. The van der Waals surface area contributed by atoms with Gasteiger partial charge < -0.3 is 9.84 Å². The Labute approximate surface area is 111 Å². The minimum Gasteiger partial charge on any atom is -0.493 e. The Morgan fingerprint density at radius 1 is 1.37 bits per heavy atom. The average Bonchev–Trinajstić information content (AvgIpc) is 2.41. The molecule has 0 aliphatic carbocycles. The minimum absolute atomic E-state index is 0.379. The van der Waals surface area contributed by atoms with Gasteiger partial charge in [0.25, 0.3) is 0 Å². The molecular weight excluding hydrogens is 245 g/mol. The maximum atomic E-state index is 13.1. The molecule has 0 aliphatic rings. The number of benzene rings is 1. The highest BCUT2D eigenvalue weighted by Gasteiger charge is 2.10. The second-order valence-corrected chi connectivity index (χ2v) is 4.32. The number of halogens is 1. The lowest BCUT2D eigenvalue weighted by Gasteiger charge is -2.13. The summed E-state index contributed by atoms with van der Waals surface area (Å²) < 4.78 is 18.7. The summed E-state index contributed by atoms with van der Waals surface area (Å²) in [6, 6.07) is 8.00. The van der Waals surface area contributed by atoms with E-state index in [0.717, 1.165) is 5.56 Å². The van der Waals surface area contributed by atoms with Gasteiger partial charge in [-0.15, -0.1) is 0 Å². The predicted molar refractivity (Wildman–Crippen MR) is 70.5 cm³/mol. The third-order valence-electron chi connectivity index (χ3n) is 2.79. The zero-order valence-corrected chi connectivity index (χ0v) is 10.7. The van der Waals surface area contributed by atoms with Crippen molar-refractivity contribution in [3.05, 3.63) is 59.7 Å². The summed E-state index contributed by atoms with van der Waals surface area (Å²) in [7, 11) is 0. The number of aromatic nitrogens is 1. The van der Waals surface area contributed by atoms with Crippen molar-refractivity contribution in [2.75, 3.05) is 6.61 Å². The number of hydrogen-bond donors (Lipinski definition) is 1. The number of aliphatic hydroxyl groups is 1. The first kappa shape index (κ1) is 13.5. The van der Waals surface area contributed by atoms with Crippen molar-refractivity contribution >= 4 is 0 Å². The lowest BCUT2D eigenvalue weighted by Crippen LogP contribution is -2.05. The van der Waals surface area contributed by atoms with Crippen molar-refractivity contribution in [1.29, 1.82) is 0 Å². The van der Waals surface area contributed by atoms with Crippen LogP contribution in [0.4, 0.5) is 4.39 Å². The molecule has 0 spiro atoms. The molecule has 1 aromatic carbocycles. The van der Waals surface area contributed by atoms with Crippen LogP contribution in [0.15, 0.2) is 42.7 Å². The summed E-state index contributed by atoms with van der Waals surface area (Å²) in [6.45, 7) is 2.04. The van der Waals surface area contributed by atoms with E-state index in [1.54, 1.807) is 25.4 Å². The molecule has 19 heavy (non-hydrogen) atoms. The fourth-order valence-corrected chi connectivity index (χ4v) is 1.80. The second-order valence-electron chi connectivity index (χ2n) is 4.32. The van der Waals surface area contributed by atoms with Crippen LogP contribution in [0.1, 0.15) is 24.2 Å². The molecule has 100 valence electrons. The van der Waals surface area contributed by atoms with Gasteiger partial charge in [-0.1, -0.05) is 6.07 Å². The Bertz CT molecular complexity index is 529. The highest BCUT2D eigenvalue weighted by Crippen LogP contribution is 2.26. The van der Waals surface area contributed by atoms with Crippen molar-refractivity contribution in [2.24, 2.45) is 0 Å². The largest absolute Gasteiger partial charge is 0.493 e.